The van der Waals surface area contributed by atoms with Gasteiger partial charge in [0.1, 0.15) is 0 Å². The number of hydrogen-bond acceptors (Lipinski definition) is 3. The number of alkyl halides is 1. The van der Waals surface area contributed by atoms with Crippen LogP contribution in [0.1, 0.15) is 0 Å². The van der Waals surface area contributed by atoms with Crippen molar-refractivity contribution in [3.8, 4) is 5.75 Å². The molecule has 0 aliphatic carbocycles. The maximum atomic E-state index is 5.19. The molecule has 0 bridgehead atoms. The van der Waals surface area contributed by atoms with E-state index in [1.54, 1.807) is 13.3 Å². The Morgan fingerprint density at radius 2 is 2.38 bits per heavy atom. The highest BCUT2D eigenvalue weighted by atomic mass is 79.9. The van der Waals surface area contributed by atoms with Crippen molar-refractivity contribution in [1.82, 2.24) is 4.98 Å². The van der Waals surface area contributed by atoms with E-state index >= 15 is 0 Å². The van der Waals surface area contributed by atoms with Crippen molar-refractivity contribution in [3.05, 3.63) is 18.3 Å². The first-order valence-corrected chi connectivity index (χ1v) is 5.18. The Kier molecular flexibility index (Phi) is 4.02. The van der Waals surface area contributed by atoms with E-state index in [2.05, 4.69) is 20.9 Å². The van der Waals surface area contributed by atoms with Crippen molar-refractivity contribution in [2.24, 2.45) is 0 Å². The number of ether oxygens (including phenoxy) is 1. The molecule has 1 heterocycles. The average Bonchev–Trinajstić information content (AvgIpc) is 2.18. The number of aromatic nitrogens is 1. The highest BCUT2D eigenvalue weighted by molar-refractivity contribution is 9.09. The normalized spacial score (nSPS) is 9.77. The second-order valence-electron chi connectivity index (χ2n) is 2.64. The molecular weight excluding hydrogens is 232 g/mol. The van der Waals surface area contributed by atoms with Crippen LogP contribution in [0.25, 0.3) is 0 Å². The Morgan fingerprint density at radius 3 is 3.00 bits per heavy atom. The summed E-state index contributed by atoms with van der Waals surface area (Å²) >= 11 is 3.38. The number of anilines is 1. The topological polar surface area (TPSA) is 25.4 Å². The SMILES string of the molecule is COc1cccnc1N(C)CCBr. The number of methoxy groups -OCH3 is 1. The second-order valence-corrected chi connectivity index (χ2v) is 3.43. The van der Waals surface area contributed by atoms with Crippen LogP contribution >= 0.6 is 15.9 Å². The number of pyridine rings is 1. The summed E-state index contributed by atoms with van der Waals surface area (Å²) in [4.78, 5) is 6.30. The van der Waals surface area contributed by atoms with Gasteiger partial charge < -0.3 is 9.64 Å². The maximum absolute atomic E-state index is 5.19. The van der Waals surface area contributed by atoms with Crippen LogP contribution in [0, 0.1) is 0 Å². The van der Waals surface area contributed by atoms with E-state index in [-0.39, 0.29) is 0 Å². The summed E-state index contributed by atoms with van der Waals surface area (Å²) in [6, 6.07) is 3.78. The van der Waals surface area contributed by atoms with E-state index in [4.69, 9.17) is 4.74 Å². The number of rotatable bonds is 4. The fraction of sp³-hybridized carbons (Fsp3) is 0.444. The molecule has 0 unspecified atom stereocenters. The van der Waals surface area contributed by atoms with Crippen molar-refractivity contribution in [2.45, 2.75) is 0 Å². The van der Waals surface area contributed by atoms with Crippen molar-refractivity contribution in [1.29, 1.82) is 0 Å². The Hall–Kier alpha value is -0.770. The predicted molar refractivity (Wildman–Crippen MR) is 57.9 cm³/mol. The van der Waals surface area contributed by atoms with Gasteiger partial charge in [-0.3, -0.25) is 0 Å². The van der Waals surface area contributed by atoms with Gasteiger partial charge in [0.2, 0.25) is 0 Å². The molecule has 4 heteroatoms. The van der Waals surface area contributed by atoms with E-state index in [9.17, 15) is 0 Å². The molecule has 0 spiro atoms. The van der Waals surface area contributed by atoms with Crippen LogP contribution in [0.4, 0.5) is 5.82 Å². The van der Waals surface area contributed by atoms with Crippen molar-refractivity contribution < 1.29 is 4.74 Å². The van der Waals surface area contributed by atoms with Gasteiger partial charge in [-0.05, 0) is 12.1 Å². The number of hydrogen-bond donors (Lipinski definition) is 0. The minimum atomic E-state index is 0.811. The monoisotopic (exact) mass is 244 g/mol. The maximum Gasteiger partial charge on any atom is 0.171 e. The van der Waals surface area contributed by atoms with Crippen LogP contribution in [0.5, 0.6) is 5.75 Å². The zero-order valence-electron chi connectivity index (χ0n) is 7.83. The third-order valence-corrected chi connectivity index (χ3v) is 2.11. The molecule has 0 aromatic carbocycles. The summed E-state index contributed by atoms with van der Waals surface area (Å²) in [5, 5.41) is 0.920. The van der Waals surface area contributed by atoms with Crippen LogP contribution in [0.15, 0.2) is 18.3 Å². The van der Waals surface area contributed by atoms with E-state index in [1.165, 1.54) is 0 Å². The molecule has 3 nitrogen and oxygen atoms in total. The Balaban J connectivity index is 2.85. The first-order valence-electron chi connectivity index (χ1n) is 4.05. The molecule has 0 aliphatic heterocycles. The molecule has 0 N–H and O–H groups in total. The lowest BCUT2D eigenvalue weighted by Crippen LogP contribution is -2.21. The molecule has 0 saturated carbocycles. The van der Waals surface area contributed by atoms with Crippen LogP contribution < -0.4 is 9.64 Å². The largest absolute Gasteiger partial charge is 0.493 e. The van der Waals surface area contributed by atoms with Gasteiger partial charge in [0, 0.05) is 25.1 Å². The molecule has 0 saturated heterocycles. The van der Waals surface area contributed by atoms with Crippen molar-refractivity contribution in [3.63, 3.8) is 0 Å². The standard InChI is InChI=1S/C9H13BrN2O/c1-12(7-5-10)9-8(13-2)4-3-6-11-9/h3-4,6H,5,7H2,1-2H3. The fourth-order valence-corrected chi connectivity index (χ4v) is 1.59. The first kappa shape index (κ1) is 10.3. The van der Waals surface area contributed by atoms with Gasteiger partial charge in [0.25, 0.3) is 0 Å². The lowest BCUT2D eigenvalue weighted by molar-refractivity contribution is 0.413. The molecule has 1 aromatic rings. The third-order valence-electron chi connectivity index (χ3n) is 1.75. The average molecular weight is 245 g/mol. The van der Waals surface area contributed by atoms with Crippen LogP contribution in [-0.2, 0) is 0 Å². The molecule has 13 heavy (non-hydrogen) atoms. The highest BCUT2D eigenvalue weighted by Gasteiger charge is 2.07. The minimum absolute atomic E-state index is 0.811. The molecular formula is C9H13BrN2O. The summed E-state index contributed by atoms with van der Waals surface area (Å²) < 4.78 is 5.19. The molecule has 72 valence electrons. The van der Waals surface area contributed by atoms with Crippen LogP contribution in [-0.4, -0.2) is 31.0 Å². The number of halogens is 1. The summed E-state index contributed by atoms with van der Waals surface area (Å²) in [6.07, 6.45) is 1.77. The Morgan fingerprint density at radius 1 is 1.62 bits per heavy atom. The van der Waals surface area contributed by atoms with E-state index in [1.807, 2.05) is 24.1 Å². The zero-order chi connectivity index (χ0) is 9.68. The quantitative estimate of drug-likeness (QED) is 0.758. The third kappa shape index (κ3) is 2.59. The summed E-state index contributed by atoms with van der Waals surface area (Å²) in [5.74, 6) is 1.69. The molecule has 0 atom stereocenters. The predicted octanol–water partition coefficient (Wildman–Crippen LogP) is 1.92. The lowest BCUT2D eigenvalue weighted by Gasteiger charge is -2.18. The molecule has 0 radical (unpaired) electrons. The van der Waals surface area contributed by atoms with Gasteiger partial charge in [-0.25, -0.2) is 4.98 Å². The van der Waals surface area contributed by atoms with Crippen molar-refractivity contribution >= 4 is 21.7 Å². The van der Waals surface area contributed by atoms with Gasteiger partial charge in [-0.2, -0.15) is 0 Å². The van der Waals surface area contributed by atoms with Gasteiger partial charge in [-0.1, -0.05) is 15.9 Å². The Bertz CT molecular complexity index is 268. The lowest BCUT2D eigenvalue weighted by atomic mass is 10.4. The van der Waals surface area contributed by atoms with Gasteiger partial charge in [0.15, 0.2) is 11.6 Å². The van der Waals surface area contributed by atoms with Gasteiger partial charge in [0.05, 0.1) is 7.11 Å². The highest BCUT2D eigenvalue weighted by Crippen LogP contribution is 2.23. The molecule has 0 amide bonds. The Labute approximate surface area is 86.9 Å². The van der Waals surface area contributed by atoms with Gasteiger partial charge >= 0.3 is 0 Å². The van der Waals surface area contributed by atoms with E-state index in [0.29, 0.717) is 0 Å². The zero-order valence-corrected chi connectivity index (χ0v) is 9.41. The van der Waals surface area contributed by atoms with E-state index < -0.39 is 0 Å². The molecule has 0 aliphatic rings. The smallest absolute Gasteiger partial charge is 0.171 e. The molecule has 0 fully saturated rings. The first-order chi connectivity index (χ1) is 6.29. The fourth-order valence-electron chi connectivity index (χ4n) is 1.06. The summed E-state index contributed by atoms with van der Waals surface area (Å²) in [6.45, 7) is 0.910. The van der Waals surface area contributed by atoms with Crippen LogP contribution in [0.2, 0.25) is 0 Å². The minimum Gasteiger partial charge on any atom is -0.493 e. The molecule has 1 rings (SSSR count). The van der Waals surface area contributed by atoms with Crippen molar-refractivity contribution in [2.75, 3.05) is 30.9 Å². The summed E-state index contributed by atoms with van der Waals surface area (Å²) in [5.41, 5.74) is 0. The molecule has 1 aromatic heterocycles. The summed E-state index contributed by atoms with van der Waals surface area (Å²) in [7, 11) is 3.65. The van der Waals surface area contributed by atoms with Gasteiger partial charge in [-0.15, -0.1) is 0 Å². The van der Waals surface area contributed by atoms with Crippen LogP contribution in [0.3, 0.4) is 0 Å². The second kappa shape index (κ2) is 5.07. The van der Waals surface area contributed by atoms with E-state index in [0.717, 1.165) is 23.4 Å². The number of nitrogens with zero attached hydrogens (tertiary/aromatic N) is 2.